The smallest absolute Gasteiger partial charge is 0.209 e. The summed E-state index contributed by atoms with van der Waals surface area (Å²) >= 11 is 8.86. The topological polar surface area (TPSA) is 20.3 Å². The maximum atomic E-state index is 10.6. The molecule has 2 nitrogen and oxygen atoms in total. The fraction of sp³-hybridized carbons (Fsp3) is 0.444. The lowest BCUT2D eigenvalue weighted by molar-refractivity contribution is -0.118. The fourth-order valence-corrected chi connectivity index (χ4v) is 4.21. The van der Waals surface area contributed by atoms with Gasteiger partial charge in [0.25, 0.3) is 0 Å². The van der Waals surface area contributed by atoms with Crippen molar-refractivity contribution in [3.05, 3.63) is 18.7 Å². The van der Waals surface area contributed by atoms with Gasteiger partial charge in [-0.05, 0) is 50.3 Å². The number of carbonyl (C=O) groups is 1. The second-order valence-electron chi connectivity index (χ2n) is 3.23. The molecule has 76 valence electrons. The molecule has 1 aliphatic heterocycles. The van der Waals surface area contributed by atoms with Gasteiger partial charge in [0, 0.05) is 22.4 Å². The summed E-state index contributed by atoms with van der Waals surface area (Å²) < 4.78 is 2.34. The van der Waals surface area contributed by atoms with Crippen LogP contribution in [0.25, 0.3) is 0 Å². The van der Waals surface area contributed by atoms with Crippen LogP contribution in [0.2, 0.25) is 0 Å². The molecule has 1 amide bonds. The number of fused-ring (bicyclic) bond motifs is 1. The monoisotopic (exact) mass is 337 g/mol. The van der Waals surface area contributed by atoms with E-state index in [2.05, 4.69) is 31.9 Å². The summed E-state index contributed by atoms with van der Waals surface area (Å²) in [6, 6.07) is 0. The molecular formula is C9H9Br2NOS. The van der Waals surface area contributed by atoms with Crippen molar-refractivity contribution in [1.29, 1.82) is 0 Å². The lowest BCUT2D eigenvalue weighted by Crippen LogP contribution is -2.24. The molecule has 1 aromatic rings. The van der Waals surface area contributed by atoms with Crippen molar-refractivity contribution in [2.75, 3.05) is 13.1 Å². The molecule has 0 radical (unpaired) electrons. The highest BCUT2D eigenvalue weighted by molar-refractivity contribution is 9.13. The fourth-order valence-electron chi connectivity index (χ4n) is 1.62. The lowest BCUT2D eigenvalue weighted by atomic mass is 10.2. The van der Waals surface area contributed by atoms with Gasteiger partial charge < -0.3 is 4.90 Å². The third kappa shape index (κ3) is 1.90. The average Bonchev–Trinajstić information content (AvgIpc) is 2.40. The molecule has 14 heavy (non-hydrogen) atoms. The minimum atomic E-state index is 0.832. The van der Waals surface area contributed by atoms with Gasteiger partial charge in [0.1, 0.15) is 0 Å². The highest BCUT2D eigenvalue weighted by Gasteiger charge is 2.19. The largest absolute Gasteiger partial charge is 0.345 e. The molecule has 0 bridgehead atoms. The standard InChI is InChI=1S/C9H9Br2NOS/c10-8-6-1-3-12(5-13)4-2-7(6)14-9(8)11/h5H,1-4H2. The van der Waals surface area contributed by atoms with Crippen LogP contribution in [0, 0.1) is 0 Å². The van der Waals surface area contributed by atoms with Gasteiger partial charge in [-0.2, -0.15) is 0 Å². The lowest BCUT2D eigenvalue weighted by Gasteiger charge is -2.12. The van der Waals surface area contributed by atoms with E-state index < -0.39 is 0 Å². The van der Waals surface area contributed by atoms with Crippen molar-refractivity contribution in [2.24, 2.45) is 0 Å². The summed E-state index contributed by atoms with van der Waals surface area (Å²) in [4.78, 5) is 13.9. The van der Waals surface area contributed by atoms with Crippen molar-refractivity contribution in [3.8, 4) is 0 Å². The average molecular weight is 339 g/mol. The first kappa shape index (κ1) is 10.6. The van der Waals surface area contributed by atoms with E-state index in [1.807, 2.05) is 4.90 Å². The summed E-state index contributed by atoms with van der Waals surface area (Å²) in [5.74, 6) is 0. The van der Waals surface area contributed by atoms with Crippen molar-refractivity contribution >= 4 is 49.6 Å². The molecule has 2 heterocycles. The predicted octanol–water partition coefficient (Wildman–Crippen LogP) is 2.83. The highest BCUT2D eigenvalue weighted by Crippen LogP contribution is 2.38. The van der Waals surface area contributed by atoms with E-state index in [9.17, 15) is 4.79 Å². The molecule has 2 rings (SSSR count). The van der Waals surface area contributed by atoms with Crippen LogP contribution in [-0.4, -0.2) is 24.4 Å². The first-order valence-electron chi connectivity index (χ1n) is 4.37. The van der Waals surface area contributed by atoms with Crippen LogP contribution < -0.4 is 0 Å². The number of carbonyl (C=O) groups excluding carboxylic acids is 1. The molecule has 5 heteroatoms. The normalized spacial score (nSPS) is 16.3. The van der Waals surface area contributed by atoms with E-state index in [0.717, 1.165) is 32.3 Å². The summed E-state index contributed by atoms with van der Waals surface area (Å²) in [6.45, 7) is 1.67. The van der Waals surface area contributed by atoms with Crippen LogP contribution in [0.3, 0.4) is 0 Å². The third-order valence-electron chi connectivity index (χ3n) is 2.41. The summed E-state index contributed by atoms with van der Waals surface area (Å²) in [5, 5.41) is 0. The van der Waals surface area contributed by atoms with Crippen molar-refractivity contribution in [3.63, 3.8) is 0 Å². The van der Waals surface area contributed by atoms with E-state index in [1.165, 1.54) is 18.7 Å². The Balaban J connectivity index is 2.28. The van der Waals surface area contributed by atoms with E-state index >= 15 is 0 Å². The van der Waals surface area contributed by atoms with Crippen LogP contribution >= 0.6 is 43.2 Å². The van der Waals surface area contributed by atoms with Crippen LogP contribution in [-0.2, 0) is 17.6 Å². The quantitative estimate of drug-likeness (QED) is 0.721. The van der Waals surface area contributed by atoms with E-state index in [-0.39, 0.29) is 0 Å². The maximum Gasteiger partial charge on any atom is 0.209 e. The summed E-state index contributed by atoms with van der Waals surface area (Å²) in [6.07, 6.45) is 2.87. The number of hydrogen-bond donors (Lipinski definition) is 0. The Morgan fingerprint density at radius 1 is 1.29 bits per heavy atom. The zero-order chi connectivity index (χ0) is 10.1. The second kappa shape index (κ2) is 4.33. The Hall–Kier alpha value is 0.130. The maximum absolute atomic E-state index is 10.6. The molecule has 1 aromatic heterocycles. The Labute approximate surface area is 104 Å². The van der Waals surface area contributed by atoms with E-state index in [0.29, 0.717) is 0 Å². The van der Waals surface area contributed by atoms with Gasteiger partial charge in [-0.1, -0.05) is 0 Å². The summed E-state index contributed by atoms with van der Waals surface area (Å²) in [5.41, 5.74) is 1.37. The molecule has 0 saturated carbocycles. The molecule has 0 N–H and O–H groups in total. The zero-order valence-electron chi connectivity index (χ0n) is 7.43. The SMILES string of the molecule is O=CN1CCc2sc(Br)c(Br)c2CC1. The number of rotatable bonds is 1. The number of hydrogen-bond acceptors (Lipinski definition) is 2. The predicted molar refractivity (Wildman–Crippen MR) is 64.8 cm³/mol. The van der Waals surface area contributed by atoms with Gasteiger partial charge >= 0.3 is 0 Å². The van der Waals surface area contributed by atoms with Gasteiger partial charge in [-0.25, -0.2) is 0 Å². The van der Waals surface area contributed by atoms with Crippen molar-refractivity contribution in [1.82, 2.24) is 4.90 Å². The number of amides is 1. The minimum Gasteiger partial charge on any atom is -0.345 e. The number of halogens is 2. The molecule has 0 atom stereocenters. The van der Waals surface area contributed by atoms with E-state index in [4.69, 9.17) is 0 Å². The zero-order valence-corrected chi connectivity index (χ0v) is 11.4. The van der Waals surface area contributed by atoms with Crippen LogP contribution in [0.5, 0.6) is 0 Å². The molecule has 0 saturated heterocycles. The molecule has 0 fully saturated rings. The van der Waals surface area contributed by atoms with Gasteiger partial charge in [0.05, 0.1) is 3.79 Å². The van der Waals surface area contributed by atoms with E-state index in [1.54, 1.807) is 11.3 Å². The molecule has 0 aliphatic carbocycles. The number of thiophene rings is 1. The Morgan fingerprint density at radius 2 is 2.00 bits per heavy atom. The highest BCUT2D eigenvalue weighted by atomic mass is 79.9. The Bertz CT molecular complexity index is 364. The van der Waals surface area contributed by atoms with Crippen molar-refractivity contribution in [2.45, 2.75) is 12.8 Å². The molecular weight excluding hydrogens is 330 g/mol. The second-order valence-corrected chi connectivity index (χ2v) is 6.45. The van der Waals surface area contributed by atoms with Crippen LogP contribution in [0.15, 0.2) is 8.26 Å². The van der Waals surface area contributed by atoms with Gasteiger partial charge in [-0.15, -0.1) is 11.3 Å². The molecule has 1 aliphatic rings. The van der Waals surface area contributed by atoms with Crippen LogP contribution in [0.4, 0.5) is 0 Å². The van der Waals surface area contributed by atoms with Gasteiger partial charge in [0.2, 0.25) is 6.41 Å². The van der Waals surface area contributed by atoms with Crippen LogP contribution in [0.1, 0.15) is 10.4 Å². The molecule has 0 unspecified atom stereocenters. The first-order valence-corrected chi connectivity index (χ1v) is 6.77. The molecule has 0 aromatic carbocycles. The Morgan fingerprint density at radius 3 is 2.71 bits per heavy atom. The first-order chi connectivity index (χ1) is 6.72. The summed E-state index contributed by atoms with van der Waals surface area (Å²) in [7, 11) is 0. The van der Waals surface area contributed by atoms with Crippen molar-refractivity contribution < 1.29 is 4.79 Å². The molecule has 0 spiro atoms. The van der Waals surface area contributed by atoms with Gasteiger partial charge in [0.15, 0.2) is 0 Å². The number of nitrogens with zero attached hydrogens (tertiary/aromatic N) is 1. The van der Waals surface area contributed by atoms with Gasteiger partial charge in [-0.3, -0.25) is 4.79 Å². The Kier molecular flexibility index (Phi) is 3.29. The minimum absolute atomic E-state index is 0.832. The third-order valence-corrected chi connectivity index (χ3v) is 6.04.